The lowest BCUT2D eigenvalue weighted by atomic mass is 9.98. The molecule has 0 radical (unpaired) electrons. The molecule has 2 heterocycles. The first-order valence-corrected chi connectivity index (χ1v) is 12.2. The Labute approximate surface area is 214 Å². The number of hydrogen-bond acceptors (Lipinski definition) is 4. The highest BCUT2D eigenvalue weighted by molar-refractivity contribution is 6.30. The fourth-order valence-corrected chi connectivity index (χ4v) is 3.99. The van der Waals surface area contributed by atoms with Crippen LogP contribution in [0.3, 0.4) is 0 Å². The van der Waals surface area contributed by atoms with E-state index in [1.165, 1.54) is 11.6 Å². The van der Waals surface area contributed by atoms with E-state index in [2.05, 4.69) is 36.3 Å². The zero-order valence-electron chi connectivity index (χ0n) is 20.0. The first-order valence-electron chi connectivity index (χ1n) is 11.8. The van der Waals surface area contributed by atoms with Gasteiger partial charge in [0.25, 0.3) is 0 Å². The highest BCUT2D eigenvalue weighted by Gasteiger charge is 2.11. The lowest BCUT2D eigenvalue weighted by Gasteiger charge is -2.07. The number of amides is 1. The molecule has 1 N–H and O–H groups in total. The molecule has 0 aliphatic rings. The molecular formula is C30H25ClN2O3. The maximum absolute atomic E-state index is 12.4. The summed E-state index contributed by atoms with van der Waals surface area (Å²) < 4.78 is 11.7. The van der Waals surface area contributed by atoms with E-state index in [4.69, 9.17) is 20.4 Å². The van der Waals surface area contributed by atoms with Gasteiger partial charge in [-0.1, -0.05) is 31.5 Å². The second-order valence-electron chi connectivity index (χ2n) is 8.66. The van der Waals surface area contributed by atoms with Crippen LogP contribution in [0.1, 0.15) is 37.5 Å². The zero-order chi connectivity index (χ0) is 25.1. The van der Waals surface area contributed by atoms with Crippen LogP contribution in [-0.4, -0.2) is 10.9 Å². The fraction of sp³-hybridized carbons (Fsp3) is 0.133. The second-order valence-corrected chi connectivity index (χ2v) is 9.10. The van der Waals surface area contributed by atoms with Gasteiger partial charge in [-0.2, -0.15) is 0 Å². The molecule has 0 spiro atoms. The first-order chi connectivity index (χ1) is 17.5. The molecule has 0 saturated heterocycles. The number of nitrogens with one attached hydrogen (secondary N) is 1. The number of oxazole rings is 1. The number of aromatic nitrogens is 1. The molecule has 0 aliphatic carbocycles. The number of rotatable bonds is 7. The third-order valence-electron chi connectivity index (χ3n) is 6.15. The summed E-state index contributed by atoms with van der Waals surface area (Å²) in [5, 5.41) is 3.52. The van der Waals surface area contributed by atoms with Gasteiger partial charge in [0.15, 0.2) is 5.58 Å². The molecule has 5 rings (SSSR count). The summed E-state index contributed by atoms with van der Waals surface area (Å²) in [5.74, 6) is 2.06. The Morgan fingerprint density at radius 1 is 0.972 bits per heavy atom. The maximum atomic E-state index is 12.4. The molecule has 3 aromatic carbocycles. The van der Waals surface area contributed by atoms with Gasteiger partial charge in [-0.25, -0.2) is 4.98 Å². The highest BCUT2D eigenvalue weighted by Crippen LogP contribution is 2.29. The zero-order valence-corrected chi connectivity index (χ0v) is 20.8. The van der Waals surface area contributed by atoms with Crippen LogP contribution in [0.2, 0.25) is 5.02 Å². The van der Waals surface area contributed by atoms with Crippen LogP contribution in [0.5, 0.6) is 0 Å². The minimum atomic E-state index is -0.258. The van der Waals surface area contributed by atoms with E-state index in [1.807, 2.05) is 66.7 Å². The Balaban J connectivity index is 1.23. The number of benzene rings is 3. The van der Waals surface area contributed by atoms with Gasteiger partial charge in [0.05, 0.1) is 0 Å². The van der Waals surface area contributed by atoms with E-state index in [0.717, 1.165) is 28.6 Å². The van der Waals surface area contributed by atoms with Crippen LogP contribution >= 0.6 is 11.6 Å². The average Bonchev–Trinajstić information content (AvgIpc) is 3.55. The predicted molar refractivity (Wildman–Crippen MR) is 145 cm³/mol. The van der Waals surface area contributed by atoms with Gasteiger partial charge >= 0.3 is 0 Å². The lowest BCUT2D eigenvalue weighted by molar-refractivity contribution is -0.111. The number of hydrogen-bond donors (Lipinski definition) is 1. The molecule has 1 atom stereocenters. The van der Waals surface area contributed by atoms with Gasteiger partial charge in [0, 0.05) is 27.9 Å². The molecule has 2 aromatic heterocycles. The van der Waals surface area contributed by atoms with Crippen LogP contribution in [0.25, 0.3) is 40.0 Å². The molecule has 5 aromatic rings. The van der Waals surface area contributed by atoms with Crippen molar-refractivity contribution in [3.05, 3.63) is 101 Å². The van der Waals surface area contributed by atoms with Crippen molar-refractivity contribution in [3.63, 3.8) is 0 Å². The number of fused-ring (bicyclic) bond motifs is 1. The smallest absolute Gasteiger partial charge is 0.248 e. The normalized spacial score (nSPS) is 12.3. The van der Waals surface area contributed by atoms with Crippen LogP contribution in [0.4, 0.5) is 5.69 Å². The minimum absolute atomic E-state index is 0.258. The molecule has 6 heteroatoms. The standard InChI is InChI=1S/C30H25ClN2O3/c1-3-19(2)22-8-15-28-26(18-22)33-30(36-28)21-6-11-24(12-7-21)32-29(34)17-14-25-13-16-27(35-25)20-4-9-23(31)10-5-20/h4-19H,3H2,1-2H3,(H,32,34)/b17-14+. The molecule has 1 amide bonds. The maximum Gasteiger partial charge on any atom is 0.248 e. The molecule has 36 heavy (non-hydrogen) atoms. The average molecular weight is 497 g/mol. The number of halogens is 1. The fourth-order valence-electron chi connectivity index (χ4n) is 3.86. The van der Waals surface area contributed by atoms with Gasteiger partial charge in [-0.3, -0.25) is 4.79 Å². The van der Waals surface area contributed by atoms with E-state index in [-0.39, 0.29) is 5.91 Å². The summed E-state index contributed by atoms with van der Waals surface area (Å²) in [6.07, 6.45) is 4.15. The van der Waals surface area contributed by atoms with Crippen molar-refractivity contribution >= 4 is 40.4 Å². The van der Waals surface area contributed by atoms with Gasteiger partial charge in [-0.15, -0.1) is 0 Å². The van der Waals surface area contributed by atoms with E-state index in [0.29, 0.717) is 34.0 Å². The second kappa shape index (κ2) is 10.3. The molecule has 180 valence electrons. The number of carbonyl (C=O) groups is 1. The summed E-state index contributed by atoms with van der Waals surface area (Å²) >= 11 is 5.94. The van der Waals surface area contributed by atoms with Gasteiger partial charge in [-0.05, 0) is 96.8 Å². The quantitative estimate of drug-likeness (QED) is 0.229. The Bertz CT molecular complexity index is 1530. The van der Waals surface area contributed by atoms with E-state index < -0.39 is 0 Å². The Morgan fingerprint density at radius 3 is 2.47 bits per heavy atom. The van der Waals surface area contributed by atoms with Crippen molar-refractivity contribution in [2.45, 2.75) is 26.2 Å². The third-order valence-corrected chi connectivity index (χ3v) is 6.40. The van der Waals surface area contributed by atoms with Crippen molar-refractivity contribution in [3.8, 4) is 22.8 Å². The molecule has 0 bridgehead atoms. The molecule has 0 aliphatic heterocycles. The summed E-state index contributed by atoms with van der Waals surface area (Å²) in [5.41, 5.74) is 5.30. The van der Waals surface area contributed by atoms with Crippen molar-refractivity contribution < 1.29 is 13.6 Å². The SMILES string of the molecule is CCC(C)c1ccc2oc(-c3ccc(NC(=O)/C=C/c4ccc(-c5ccc(Cl)cc5)o4)cc3)nc2c1. The number of nitrogens with zero attached hydrogens (tertiary/aromatic N) is 1. The molecule has 0 saturated carbocycles. The van der Waals surface area contributed by atoms with Gasteiger partial charge in [0.1, 0.15) is 17.0 Å². The van der Waals surface area contributed by atoms with Crippen LogP contribution in [-0.2, 0) is 4.79 Å². The third kappa shape index (κ3) is 5.26. The molecule has 0 fully saturated rings. The van der Waals surface area contributed by atoms with Crippen molar-refractivity contribution in [1.82, 2.24) is 4.98 Å². The molecule has 5 nitrogen and oxygen atoms in total. The van der Waals surface area contributed by atoms with Gasteiger partial charge < -0.3 is 14.2 Å². The Morgan fingerprint density at radius 2 is 1.72 bits per heavy atom. The first kappa shape index (κ1) is 23.6. The van der Waals surface area contributed by atoms with E-state index in [9.17, 15) is 4.79 Å². The largest absolute Gasteiger partial charge is 0.457 e. The number of furan rings is 1. The summed E-state index contributed by atoms with van der Waals surface area (Å²) in [6.45, 7) is 4.38. The summed E-state index contributed by atoms with van der Waals surface area (Å²) in [4.78, 5) is 17.1. The molecular weight excluding hydrogens is 472 g/mol. The number of carbonyl (C=O) groups excluding carboxylic acids is 1. The lowest BCUT2D eigenvalue weighted by Crippen LogP contribution is -2.07. The van der Waals surface area contributed by atoms with Crippen LogP contribution < -0.4 is 5.32 Å². The Hall–Kier alpha value is -4.09. The van der Waals surface area contributed by atoms with Gasteiger partial charge in [0.2, 0.25) is 11.8 Å². The van der Waals surface area contributed by atoms with Crippen LogP contribution in [0.15, 0.2) is 93.8 Å². The van der Waals surface area contributed by atoms with Crippen molar-refractivity contribution in [2.75, 3.05) is 5.32 Å². The minimum Gasteiger partial charge on any atom is -0.457 e. The summed E-state index contributed by atoms with van der Waals surface area (Å²) in [6, 6.07) is 24.6. The highest BCUT2D eigenvalue weighted by atomic mass is 35.5. The summed E-state index contributed by atoms with van der Waals surface area (Å²) in [7, 11) is 0. The van der Waals surface area contributed by atoms with Crippen molar-refractivity contribution in [2.24, 2.45) is 0 Å². The topological polar surface area (TPSA) is 68.3 Å². The molecule has 1 unspecified atom stereocenters. The number of anilines is 1. The van der Waals surface area contributed by atoms with Crippen molar-refractivity contribution in [1.29, 1.82) is 0 Å². The Kier molecular flexibility index (Phi) is 6.74. The predicted octanol–water partition coefficient (Wildman–Crippen LogP) is 8.57. The van der Waals surface area contributed by atoms with Crippen LogP contribution in [0, 0.1) is 0 Å². The monoisotopic (exact) mass is 496 g/mol. The van der Waals surface area contributed by atoms with E-state index in [1.54, 1.807) is 6.08 Å². The van der Waals surface area contributed by atoms with E-state index >= 15 is 0 Å².